The number of anilines is 1. The van der Waals surface area contributed by atoms with E-state index in [1.165, 1.54) is 0 Å². The van der Waals surface area contributed by atoms with Crippen molar-refractivity contribution in [2.75, 3.05) is 11.4 Å². The lowest BCUT2D eigenvalue weighted by Crippen LogP contribution is -2.28. The molecule has 0 radical (unpaired) electrons. The summed E-state index contributed by atoms with van der Waals surface area (Å²) in [6.45, 7) is 0.477. The zero-order chi connectivity index (χ0) is 10.8. The van der Waals surface area contributed by atoms with Crippen molar-refractivity contribution in [2.24, 2.45) is 5.73 Å². The van der Waals surface area contributed by atoms with Crippen molar-refractivity contribution in [3.8, 4) is 0 Å². The van der Waals surface area contributed by atoms with Gasteiger partial charge >= 0.3 is 0 Å². The van der Waals surface area contributed by atoms with Crippen LogP contribution in [0.15, 0.2) is 24.3 Å². The molecule has 1 amide bonds. The number of benzene rings is 1. The fraction of sp³-hybridized carbons (Fsp3) is 0.364. The van der Waals surface area contributed by atoms with Crippen LogP contribution in [-0.4, -0.2) is 23.6 Å². The van der Waals surface area contributed by atoms with Gasteiger partial charge in [0, 0.05) is 30.3 Å². The largest absolute Gasteiger partial charge is 0.392 e. The molecule has 0 aliphatic carbocycles. The van der Waals surface area contributed by atoms with Gasteiger partial charge in [0.25, 0.3) is 0 Å². The van der Waals surface area contributed by atoms with E-state index in [-0.39, 0.29) is 18.6 Å². The fourth-order valence-corrected chi connectivity index (χ4v) is 1.88. The summed E-state index contributed by atoms with van der Waals surface area (Å²) in [5, 5.41) is 9.16. The van der Waals surface area contributed by atoms with Crippen molar-refractivity contribution in [3.63, 3.8) is 0 Å². The predicted molar refractivity (Wildman–Crippen MR) is 57.3 cm³/mol. The van der Waals surface area contributed by atoms with Gasteiger partial charge in [-0.05, 0) is 6.07 Å². The maximum atomic E-state index is 11.6. The van der Waals surface area contributed by atoms with E-state index < -0.39 is 0 Å². The van der Waals surface area contributed by atoms with Gasteiger partial charge in [0.05, 0.1) is 6.61 Å². The highest BCUT2D eigenvalue weighted by Crippen LogP contribution is 2.24. The number of nitrogens with two attached hydrogens (primary N) is 1. The highest BCUT2D eigenvalue weighted by atomic mass is 16.3. The Balaban J connectivity index is 2.33. The second kappa shape index (κ2) is 4.00. The van der Waals surface area contributed by atoms with Gasteiger partial charge in [0.1, 0.15) is 0 Å². The molecular formula is C11H14N2O2. The zero-order valence-corrected chi connectivity index (χ0v) is 8.39. The summed E-state index contributed by atoms with van der Waals surface area (Å²) in [5.41, 5.74) is 7.26. The van der Waals surface area contributed by atoms with Crippen LogP contribution in [0.1, 0.15) is 12.0 Å². The molecule has 3 N–H and O–H groups in total. The van der Waals surface area contributed by atoms with Gasteiger partial charge in [0.15, 0.2) is 0 Å². The van der Waals surface area contributed by atoms with E-state index in [1.54, 1.807) is 4.90 Å². The van der Waals surface area contributed by atoms with E-state index in [9.17, 15) is 4.79 Å². The standard InChI is InChI=1S/C11H14N2O2/c12-9-5-11(15)13(6-9)10-4-2-1-3-8(10)7-14/h1-4,9,14H,5-7,12H2. The number of amides is 1. The molecule has 1 aromatic carbocycles. The monoisotopic (exact) mass is 206 g/mol. The van der Waals surface area contributed by atoms with E-state index in [0.717, 1.165) is 11.3 Å². The third-order valence-corrected chi connectivity index (χ3v) is 2.61. The van der Waals surface area contributed by atoms with Crippen LogP contribution in [0.25, 0.3) is 0 Å². The maximum Gasteiger partial charge on any atom is 0.228 e. The molecule has 4 nitrogen and oxygen atoms in total. The summed E-state index contributed by atoms with van der Waals surface area (Å²) < 4.78 is 0. The normalized spacial score (nSPS) is 21.1. The van der Waals surface area contributed by atoms with Crippen LogP contribution >= 0.6 is 0 Å². The Morgan fingerprint density at radius 2 is 2.20 bits per heavy atom. The molecule has 0 aromatic heterocycles. The number of carbonyl (C=O) groups excluding carboxylic acids is 1. The number of nitrogens with zero attached hydrogens (tertiary/aromatic N) is 1. The summed E-state index contributed by atoms with van der Waals surface area (Å²) in [7, 11) is 0. The quantitative estimate of drug-likeness (QED) is 0.728. The second-order valence-corrected chi connectivity index (χ2v) is 3.76. The van der Waals surface area contributed by atoms with Gasteiger partial charge in [-0.1, -0.05) is 18.2 Å². The van der Waals surface area contributed by atoms with Crippen molar-refractivity contribution in [2.45, 2.75) is 19.1 Å². The summed E-state index contributed by atoms with van der Waals surface area (Å²) in [4.78, 5) is 13.3. The molecule has 0 saturated carbocycles. The summed E-state index contributed by atoms with van der Waals surface area (Å²) in [6, 6.07) is 7.25. The first kappa shape index (κ1) is 10.1. The minimum atomic E-state index is -0.0933. The van der Waals surface area contributed by atoms with Gasteiger partial charge in [-0.25, -0.2) is 0 Å². The van der Waals surface area contributed by atoms with E-state index in [0.29, 0.717) is 13.0 Å². The van der Waals surface area contributed by atoms with Crippen LogP contribution < -0.4 is 10.6 Å². The van der Waals surface area contributed by atoms with Crippen LogP contribution in [-0.2, 0) is 11.4 Å². The molecule has 1 unspecified atom stereocenters. The van der Waals surface area contributed by atoms with Crippen molar-refractivity contribution in [1.82, 2.24) is 0 Å². The Morgan fingerprint density at radius 1 is 1.47 bits per heavy atom. The lowest BCUT2D eigenvalue weighted by atomic mass is 10.1. The zero-order valence-electron chi connectivity index (χ0n) is 8.39. The lowest BCUT2D eigenvalue weighted by molar-refractivity contribution is -0.117. The average molecular weight is 206 g/mol. The van der Waals surface area contributed by atoms with Gasteiger partial charge < -0.3 is 15.7 Å². The minimum absolute atomic E-state index is 0.0309. The summed E-state index contributed by atoms with van der Waals surface area (Å²) in [5.74, 6) is 0.0309. The van der Waals surface area contributed by atoms with Crippen molar-refractivity contribution in [3.05, 3.63) is 29.8 Å². The molecule has 1 fully saturated rings. The number of aliphatic hydroxyl groups is 1. The number of hydrogen-bond acceptors (Lipinski definition) is 3. The van der Waals surface area contributed by atoms with Crippen LogP contribution in [0.5, 0.6) is 0 Å². The van der Waals surface area contributed by atoms with Crippen molar-refractivity contribution in [1.29, 1.82) is 0 Å². The van der Waals surface area contributed by atoms with Crippen LogP contribution in [0, 0.1) is 0 Å². The second-order valence-electron chi connectivity index (χ2n) is 3.76. The summed E-state index contributed by atoms with van der Waals surface area (Å²) >= 11 is 0. The van der Waals surface area contributed by atoms with E-state index in [2.05, 4.69) is 0 Å². The van der Waals surface area contributed by atoms with Crippen LogP contribution in [0.4, 0.5) is 5.69 Å². The van der Waals surface area contributed by atoms with E-state index in [4.69, 9.17) is 10.8 Å². The molecule has 2 rings (SSSR count). The van der Waals surface area contributed by atoms with Gasteiger partial charge in [-0.15, -0.1) is 0 Å². The van der Waals surface area contributed by atoms with Gasteiger partial charge in [-0.3, -0.25) is 4.79 Å². The molecule has 0 spiro atoms. The molecule has 1 saturated heterocycles. The number of para-hydroxylation sites is 1. The Morgan fingerprint density at radius 3 is 2.80 bits per heavy atom. The topological polar surface area (TPSA) is 66.6 Å². The molecule has 15 heavy (non-hydrogen) atoms. The SMILES string of the molecule is NC1CC(=O)N(c2ccccc2CO)C1. The van der Waals surface area contributed by atoms with E-state index >= 15 is 0 Å². The van der Waals surface area contributed by atoms with Gasteiger partial charge in [0.2, 0.25) is 5.91 Å². The Kier molecular flexibility index (Phi) is 2.70. The third kappa shape index (κ3) is 1.86. The Bertz CT molecular complexity index is 379. The van der Waals surface area contributed by atoms with Crippen LogP contribution in [0.3, 0.4) is 0 Å². The number of carbonyl (C=O) groups is 1. The highest BCUT2D eigenvalue weighted by molar-refractivity contribution is 5.96. The molecule has 1 aliphatic heterocycles. The predicted octanol–water partition coefficient (Wildman–Crippen LogP) is 0.243. The number of hydrogen-bond donors (Lipinski definition) is 2. The molecule has 4 heteroatoms. The smallest absolute Gasteiger partial charge is 0.228 e. The number of rotatable bonds is 2. The van der Waals surface area contributed by atoms with Crippen molar-refractivity contribution >= 4 is 11.6 Å². The number of aliphatic hydroxyl groups excluding tert-OH is 1. The first-order valence-corrected chi connectivity index (χ1v) is 4.97. The Labute approximate surface area is 88.3 Å². The van der Waals surface area contributed by atoms with E-state index in [1.807, 2.05) is 24.3 Å². The summed E-state index contributed by atoms with van der Waals surface area (Å²) in [6.07, 6.45) is 0.389. The maximum absolute atomic E-state index is 11.6. The molecule has 80 valence electrons. The minimum Gasteiger partial charge on any atom is -0.392 e. The lowest BCUT2D eigenvalue weighted by Gasteiger charge is -2.18. The molecular weight excluding hydrogens is 192 g/mol. The molecule has 1 aliphatic rings. The first-order valence-electron chi connectivity index (χ1n) is 4.97. The highest BCUT2D eigenvalue weighted by Gasteiger charge is 2.28. The average Bonchev–Trinajstić information content (AvgIpc) is 2.57. The molecule has 0 bridgehead atoms. The Hall–Kier alpha value is -1.39. The molecule has 1 atom stereocenters. The molecule has 1 heterocycles. The van der Waals surface area contributed by atoms with Gasteiger partial charge in [-0.2, -0.15) is 0 Å². The fourth-order valence-electron chi connectivity index (χ4n) is 1.88. The molecule has 1 aromatic rings. The van der Waals surface area contributed by atoms with Crippen LogP contribution in [0.2, 0.25) is 0 Å². The first-order chi connectivity index (χ1) is 7.22. The third-order valence-electron chi connectivity index (χ3n) is 2.61. The van der Waals surface area contributed by atoms with Crippen molar-refractivity contribution < 1.29 is 9.90 Å².